The van der Waals surface area contributed by atoms with Gasteiger partial charge >= 0.3 is 0 Å². The van der Waals surface area contributed by atoms with Crippen molar-refractivity contribution in [3.63, 3.8) is 0 Å². The molecule has 0 spiro atoms. The third-order valence-corrected chi connectivity index (χ3v) is 3.17. The molecule has 0 radical (unpaired) electrons. The highest BCUT2D eigenvalue weighted by molar-refractivity contribution is 5.76. The van der Waals surface area contributed by atoms with Crippen LogP contribution in [0.4, 0.5) is 0 Å². The molecular formula is C15H19NO3. The minimum Gasteiger partial charge on any atom is -0.493 e. The summed E-state index contributed by atoms with van der Waals surface area (Å²) in [5, 5.41) is 12.8. The molecule has 0 saturated heterocycles. The number of carbonyl (C=O) groups excluding carboxylic acids is 1. The number of fused-ring (bicyclic) bond motifs is 1. The first kappa shape index (κ1) is 13.6. The van der Waals surface area contributed by atoms with Gasteiger partial charge in [-0.15, -0.1) is 6.58 Å². The van der Waals surface area contributed by atoms with E-state index in [-0.39, 0.29) is 12.5 Å². The van der Waals surface area contributed by atoms with Gasteiger partial charge in [-0.05, 0) is 29.7 Å². The number of hydrogen-bond donors (Lipinski definition) is 2. The van der Waals surface area contributed by atoms with Crippen LogP contribution >= 0.6 is 0 Å². The number of aliphatic hydroxyl groups is 1. The van der Waals surface area contributed by atoms with Crippen LogP contribution in [-0.2, 0) is 11.2 Å². The number of hydrogen-bond acceptors (Lipinski definition) is 3. The molecule has 1 aliphatic rings. The molecule has 0 bridgehead atoms. The summed E-state index contributed by atoms with van der Waals surface area (Å²) in [5.41, 5.74) is 1.93. The van der Waals surface area contributed by atoms with Gasteiger partial charge in [0.25, 0.3) is 0 Å². The highest BCUT2D eigenvalue weighted by Gasteiger charge is 2.15. The van der Waals surface area contributed by atoms with Crippen molar-refractivity contribution in [2.45, 2.75) is 25.4 Å². The van der Waals surface area contributed by atoms with Crippen LogP contribution in [0, 0.1) is 0 Å². The second-order valence-electron chi connectivity index (χ2n) is 4.61. The van der Waals surface area contributed by atoms with Crippen LogP contribution in [-0.4, -0.2) is 24.2 Å². The first-order valence-electron chi connectivity index (χ1n) is 6.52. The molecule has 102 valence electrons. The molecule has 4 heteroatoms. The fourth-order valence-corrected chi connectivity index (χ4v) is 2.06. The molecule has 0 saturated carbocycles. The largest absolute Gasteiger partial charge is 0.493 e. The van der Waals surface area contributed by atoms with E-state index in [4.69, 9.17) is 4.74 Å². The molecule has 0 aliphatic carbocycles. The van der Waals surface area contributed by atoms with Gasteiger partial charge in [0.2, 0.25) is 5.91 Å². The summed E-state index contributed by atoms with van der Waals surface area (Å²) >= 11 is 0. The Bertz CT molecular complexity index is 470. The van der Waals surface area contributed by atoms with Gasteiger partial charge in [0.05, 0.1) is 12.7 Å². The number of allylic oxidation sites excluding steroid dienone is 1. The Morgan fingerprint density at radius 2 is 2.42 bits per heavy atom. The monoisotopic (exact) mass is 261 g/mol. The van der Waals surface area contributed by atoms with Crippen molar-refractivity contribution < 1.29 is 14.6 Å². The summed E-state index contributed by atoms with van der Waals surface area (Å²) in [5.74, 6) is 0.828. The topological polar surface area (TPSA) is 58.6 Å². The highest BCUT2D eigenvalue weighted by Crippen LogP contribution is 2.27. The fraction of sp³-hybridized carbons (Fsp3) is 0.400. The van der Waals surface area contributed by atoms with E-state index in [1.54, 1.807) is 6.08 Å². The molecule has 0 aromatic heterocycles. The third-order valence-electron chi connectivity index (χ3n) is 3.17. The minimum absolute atomic E-state index is 0.0663. The number of ether oxygens (including phenoxy) is 1. The molecule has 1 unspecified atom stereocenters. The highest BCUT2D eigenvalue weighted by atomic mass is 16.5. The van der Waals surface area contributed by atoms with Gasteiger partial charge in [-0.3, -0.25) is 4.79 Å². The lowest BCUT2D eigenvalue weighted by Gasteiger charge is -2.13. The molecule has 1 atom stereocenters. The Kier molecular flexibility index (Phi) is 4.58. The Balaban J connectivity index is 1.87. The molecule has 0 fully saturated rings. The second kappa shape index (κ2) is 6.38. The van der Waals surface area contributed by atoms with Gasteiger partial charge in [-0.25, -0.2) is 0 Å². The molecular weight excluding hydrogens is 242 g/mol. The smallest absolute Gasteiger partial charge is 0.220 e. The predicted molar refractivity (Wildman–Crippen MR) is 73.0 cm³/mol. The van der Waals surface area contributed by atoms with Crippen LogP contribution in [0.25, 0.3) is 0 Å². The zero-order chi connectivity index (χ0) is 13.7. The predicted octanol–water partition coefficient (Wildman–Crippen LogP) is 1.74. The average Bonchev–Trinajstić information content (AvgIpc) is 2.89. The molecule has 1 heterocycles. The maximum atomic E-state index is 11.4. The van der Waals surface area contributed by atoms with E-state index in [1.165, 1.54) is 0 Å². The molecule has 19 heavy (non-hydrogen) atoms. The van der Waals surface area contributed by atoms with Gasteiger partial charge in [0.15, 0.2) is 0 Å². The normalized spacial score (nSPS) is 14.4. The number of rotatable bonds is 6. The first-order valence-corrected chi connectivity index (χ1v) is 6.52. The zero-order valence-corrected chi connectivity index (χ0v) is 10.9. The number of carbonyl (C=O) groups is 1. The Hall–Kier alpha value is -1.81. The number of benzene rings is 1. The van der Waals surface area contributed by atoms with Gasteiger partial charge in [-0.1, -0.05) is 12.1 Å². The molecule has 1 aromatic rings. The van der Waals surface area contributed by atoms with Crippen LogP contribution in [0.2, 0.25) is 0 Å². The van der Waals surface area contributed by atoms with Crippen LogP contribution in [0.5, 0.6) is 5.75 Å². The van der Waals surface area contributed by atoms with Gasteiger partial charge in [0, 0.05) is 19.4 Å². The van der Waals surface area contributed by atoms with Crippen molar-refractivity contribution in [1.82, 2.24) is 5.32 Å². The first-order chi connectivity index (χ1) is 9.20. The Morgan fingerprint density at radius 3 is 3.21 bits per heavy atom. The fourth-order valence-electron chi connectivity index (χ4n) is 2.06. The van der Waals surface area contributed by atoms with E-state index in [0.717, 1.165) is 23.3 Å². The quantitative estimate of drug-likeness (QED) is 0.767. The van der Waals surface area contributed by atoms with Crippen molar-refractivity contribution in [2.75, 3.05) is 13.2 Å². The maximum Gasteiger partial charge on any atom is 0.220 e. The van der Waals surface area contributed by atoms with E-state index in [0.29, 0.717) is 19.4 Å². The Morgan fingerprint density at radius 1 is 1.58 bits per heavy atom. The third kappa shape index (κ3) is 3.58. The summed E-state index contributed by atoms with van der Waals surface area (Å²) in [4.78, 5) is 11.4. The number of nitrogens with one attached hydrogen (secondary N) is 1. The van der Waals surface area contributed by atoms with Gasteiger partial charge in [0.1, 0.15) is 5.75 Å². The van der Waals surface area contributed by atoms with Crippen LogP contribution in [0.15, 0.2) is 30.9 Å². The SMILES string of the molecule is C=CCCC(=O)NCC(O)c1ccc2c(c1)CCO2. The van der Waals surface area contributed by atoms with E-state index in [1.807, 2.05) is 18.2 Å². The molecule has 1 aromatic carbocycles. The average molecular weight is 261 g/mol. The summed E-state index contributed by atoms with van der Waals surface area (Å²) in [7, 11) is 0. The second-order valence-corrected chi connectivity index (χ2v) is 4.61. The molecule has 1 aliphatic heterocycles. The molecule has 2 rings (SSSR count). The van der Waals surface area contributed by atoms with E-state index < -0.39 is 6.10 Å². The maximum absolute atomic E-state index is 11.4. The van der Waals surface area contributed by atoms with Crippen LogP contribution < -0.4 is 10.1 Å². The number of amides is 1. The van der Waals surface area contributed by atoms with E-state index >= 15 is 0 Å². The van der Waals surface area contributed by atoms with Crippen molar-refractivity contribution in [3.05, 3.63) is 42.0 Å². The van der Waals surface area contributed by atoms with Gasteiger partial charge < -0.3 is 15.2 Å². The number of aliphatic hydroxyl groups excluding tert-OH is 1. The van der Waals surface area contributed by atoms with Crippen LogP contribution in [0.3, 0.4) is 0 Å². The standard InChI is InChI=1S/C15H19NO3/c1-2-3-4-15(18)16-10-13(17)11-5-6-14-12(9-11)7-8-19-14/h2,5-6,9,13,17H,1,3-4,7-8,10H2,(H,16,18). The summed E-state index contributed by atoms with van der Waals surface area (Å²) in [6, 6.07) is 5.66. The van der Waals surface area contributed by atoms with Crippen molar-refractivity contribution >= 4 is 5.91 Å². The summed E-state index contributed by atoms with van der Waals surface area (Å²) < 4.78 is 5.41. The summed E-state index contributed by atoms with van der Waals surface area (Å²) in [6.45, 7) is 4.50. The molecule has 1 amide bonds. The van der Waals surface area contributed by atoms with Crippen molar-refractivity contribution in [1.29, 1.82) is 0 Å². The zero-order valence-electron chi connectivity index (χ0n) is 10.9. The lowest BCUT2D eigenvalue weighted by atomic mass is 10.0. The van der Waals surface area contributed by atoms with Gasteiger partial charge in [-0.2, -0.15) is 0 Å². The lowest BCUT2D eigenvalue weighted by molar-refractivity contribution is -0.121. The van der Waals surface area contributed by atoms with Crippen LogP contribution in [0.1, 0.15) is 30.1 Å². The molecule has 2 N–H and O–H groups in total. The van der Waals surface area contributed by atoms with Crippen molar-refractivity contribution in [3.8, 4) is 5.75 Å². The molecule has 4 nitrogen and oxygen atoms in total. The van der Waals surface area contributed by atoms with Crippen molar-refractivity contribution in [2.24, 2.45) is 0 Å². The lowest BCUT2D eigenvalue weighted by Crippen LogP contribution is -2.28. The Labute approximate surface area is 113 Å². The minimum atomic E-state index is -0.682. The van der Waals surface area contributed by atoms with E-state index in [9.17, 15) is 9.90 Å². The summed E-state index contributed by atoms with van der Waals surface area (Å²) in [6.07, 6.45) is 2.96. The van der Waals surface area contributed by atoms with E-state index in [2.05, 4.69) is 11.9 Å².